The molecule has 1 N–H and O–H groups in total. The van der Waals surface area contributed by atoms with E-state index >= 15 is 0 Å². The van der Waals surface area contributed by atoms with Crippen molar-refractivity contribution in [1.82, 2.24) is 15.1 Å². The molecule has 1 saturated carbocycles. The van der Waals surface area contributed by atoms with Crippen molar-refractivity contribution in [3.05, 3.63) is 52.8 Å². The number of aryl methyl sites for hydroxylation is 1. The molecule has 1 fully saturated rings. The van der Waals surface area contributed by atoms with E-state index in [1.807, 2.05) is 23.1 Å². The second kappa shape index (κ2) is 6.42. The van der Waals surface area contributed by atoms with Gasteiger partial charge >= 0.3 is 0 Å². The van der Waals surface area contributed by atoms with Gasteiger partial charge in [0.2, 0.25) is 0 Å². The summed E-state index contributed by atoms with van der Waals surface area (Å²) in [5.41, 5.74) is 4.17. The summed E-state index contributed by atoms with van der Waals surface area (Å²) in [6.07, 6.45) is 6.81. The van der Waals surface area contributed by atoms with Crippen LogP contribution in [0.3, 0.4) is 0 Å². The molecule has 24 heavy (non-hydrogen) atoms. The molecule has 1 aromatic heterocycles. The normalized spacial score (nSPS) is 18.0. The summed E-state index contributed by atoms with van der Waals surface area (Å²) < 4.78 is 0. The quantitative estimate of drug-likeness (QED) is 0.911. The second-order valence-electron chi connectivity index (χ2n) is 7.23. The third-order valence-corrected chi connectivity index (χ3v) is 5.51. The first kappa shape index (κ1) is 15.4. The number of carbonyl (C=O) groups excluding carboxylic acids is 1. The Morgan fingerprint density at radius 3 is 2.75 bits per heavy atom. The molecule has 0 saturated heterocycles. The first-order valence-electron chi connectivity index (χ1n) is 9.15. The standard InChI is InChI=1S/C20H25N3O/c1-14(16-11-12-16)23(13-15-7-3-2-4-8-15)20(24)19-17-9-5-6-10-18(17)21-22-19/h2-4,7-8,14,16H,5-6,9-13H2,1H3,(H,21,22)/t14-/m0/s1. The van der Waals surface area contributed by atoms with Crippen LogP contribution in [0.5, 0.6) is 0 Å². The van der Waals surface area contributed by atoms with Crippen LogP contribution in [0.1, 0.15) is 59.9 Å². The van der Waals surface area contributed by atoms with Crippen molar-refractivity contribution in [3.8, 4) is 0 Å². The minimum absolute atomic E-state index is 0.0950. The van der Waals surface area contributed by atoms with Gasteiger partial charge in [0.15, 0.2) is 5.69 Å². The lowest BCUT2D eigenvalue weighted by molar-refractivity contribution is 0.0647. The Labute approximate surface area is 143 Å². The number of amides is 1. The Bertz CT molecular complexity index is 718. The van der Waals surface area contributed by atoms with E-state index in [0.29, 0.717) is 18.2 Å². The zero-order valence-corrected chi connectivity index (χ0v) is 14.3. The number of hydrogen-bond donors (Lipinski definition) is 1. The first-order chi connectivity index (χ1) is 11.7. The van der Waals surface area contributed by atoms with Crippen LogP contribution >= 0.6 is 0 Å². The fraction of sp³-hybridized carbons (Fsp3) is 0.500. The van der Waals surface area contributed by atoms with E-state index in [9.17, 15) is 4.79 Å². The van der Waals surface area contributed by atoms with Crippen LogP contribution in [0.15, 0.2) is 30.3 Å². The fourth-order valence-electron chi connectivity index (χ4n) is 3.81. The van der Waals surface area contributed by atoms with Gasteiger partial charge in [0.25, 0.3) is 5.91 Å². The predicted octanol–water partition coefficient (Wildman–Crippen LogP) is 3.73. The van der Waals surface area contributed by atoms with Gasteiger partial charge < -0.3 is 4.90 Å². The number of benzene rings is 1. The molecule has 4 heteroatoms. The maximum Gasteiger partial charge on any atom is 0.275 e. The van der Waals surface area contributed by atoms with Crippen LogP contribution in [0.4, 0.5) is 0 Å². The lowest BCUT2D eigenvalue weighted by Crippen LogP contribution is -2.40. The third-order valence-electron chi connectivity index (χ3n) is 5.51. The highest BCUT2D eigenvalue weighted by Crippen LogP contribution is 2.36. The topological polar surface area (TPSA) is 49.0 Å². The molecule has 0 spiro atoms. The molecule has 0 aliphatic heterocycles. The Kier molecular flexibility index (Phi) is 4.13. The summed E-state index contributed by atoms with van der Waals surface area (Å²) in [5.74, 6) is 0.741. The largest absolute Gasteiger partial charge is 0.330 e. The van der Waals surface area contributed by atoms with Crippen molar-refractivity contribution < 1.29 is 4.79 Å². The zero-order valence-electron chi connectivity index (χ0n) is 14.3. The highest BCUT2D eigenvalue weighted by atomic mass is 16.2. The number of nitrogens with zero attached hydrogens (tertiary/aromatic N) is 2. The second-order valence-corrected chi connectivity index (χ2v) is 7.23. The van der Waals surface area contributed by atoms with Crippen LogP contribution in [0.25, 0.3) is 0 Å². The number of hydrogen-bond acceptors (Lipinski definition) is 2. The number of fused-ring (bicyclic) bond motifs is 1. The molecule has 1 atom stereocenters. The number of nitrogens with one attached hydrogen (secondary N) is 1. The van der Waals surface area contributed by atoms with Gasteiger partial charge in [-0.25, -0.2) is 0 Å². The lowest BCUT2D eigenvalue weighted by atomic mass is 9.95. The van der Waals surface area contributed by atoms with Crippen molar-refractivity contribution in [2.75, 3.05) is 0 Å². The van der Waals surface area contributed by atoms with Crippen LogP contribution in [-0.2, 0) is 19.4 Å². The minimum Gasteiger partial charge on any atom is -0.330 e. The molecule has 0 bridgehead atoms. The molecule has 2 aliphatic rings. The predicted molar refractivity (Wildman–Crippen MR) is 93.7 cm³/mol. The number of rotatable bonds is 5. The van der Waals surface area contributed by atoms with E-state index in [4.69, 9.17) is 0 Å². The Balaban J connectivity index is 1.62. The first-order valence-corrected chi connectivity index (χ1v) is 9.15. The van der Waals surface area contributed by atoms with E-state index in [1.165, 1.54) is 30.5 Å². The summed E-state index contributed by atoms with van der Waals surface area (Å²) in [7, 11) is 0. The molecule has 4 rings (SSSR count). The van der Waals surface area contributed by atoms with Gasteiger partial charge in [-0.2, -0.15) is 5.10 Å². The van der Waals surface area contributed by atoms with Crippen LogP contribution < -0.4 is 0 Å². The Morgan fingerprint density at radius 2 is 2.00 bits per heavy atom. The van der Waals surface area contributed by atoms with E-state index in [0.717, 1.165) is 24.8 Å². The molecule has 1 amide bonds. The van der Waals surface area contributed by atoms with Crippen molar-refractivity contribution >= 4 is 5.91 Å². The highest BCUT2D eigenvalue weighted by Gasteiger charge is 2.36. The molecule has 0 radical (unpaired) electrons. The van der Waals surface area contributed by atoms with Crippen molar-refractivity contribution in [2.45, 2.75) is 58.0 Å². The van der Waals surface area contributed by atoms with E-state index in [1.54, 1.807) is 0 Å². The Hall–Kier alpha value is -2.10. The maximum absolute atomic E-state index is 13.3. The fourth-order valence-corrected chi connectivity index (χ4v) is 3.81. The SMILES string of the molecule is C[C@@H](C1CC1)N(Cc1ccccc1)C(=O)c1n[nH]c2c1CCCC2. The van der Waals surface area contributed by atoms with Gasteiger partial charge in [0, 0.05) is 23.8 Å². The van der Waals surface area contributed by atoms with Crippen LogP contribution in [0, 0.1) is 5.92 Å². The van der Waals surface area contributed by atoms with Crippen LogP contribution in [0.2, 0.25) is 0 Å². The molecular weight excluding hydrogens is 298 g/mol. The average molecular weight is 323 g/mol. The number of aromatic nitrogens is 2. The monoisotopic (exact) mass is 323 g/mol. The zero-order chi connectivity index (χ0) is 16.5. The number of H-pyrrole nitrogens is 1. The third kappa shape index (κ3) is 2.97. The molecule has 0 unspecified atom stereocenters. The summed E-state index contributed by atoms with van der Waals surface area (Å²) in [5, 5.41) is 7.52. The summed E-state index contributed by atoms with van der Waals surface area (Å²) in [6.45, 7) is 2.86. The van der Waals surface area contributed by atoms with Gasteiger partial charge in [0.1, 0.15) is 0 Å². The average Bonchev–Trinajstić information content (AvgIpc) is 3.39. The molecular formula is C20H25N3O. The molecule has 1 aromatic carbocycles. The molecule has 126 valence electrons. The molecule has 4 nitrogen and oxygen atoms in total. The molecule has 2 aromatic rings. The van der Waals surface area contributed by atoms with Gasteiger partial charge in [-0.3, -0.25) is 9.89 Å². The summed E-state index contributed by atoms with van der Waals surface area (Å²) >= 11 is 0. The van der Waals surface area contributed by atoms with Gasteiger partial charge in [-0.15, -0.1) is 0 Å². The van der Waals surface area contributed by atoms with Crippen molar-refractivity contribution in [3.63, 3.8) is 0 Å². The molecule has 2 aliphatic carbocycles. The van der Waals surface area contributed by atoms with Crippen LogP contribution in [-0.4, -0.2) is 27.0 Å². The maximum atomic E-state index is 13.3. The minimum atomic E-state index is 0.0950. The summed E-state index contributed by atoms with van der Waals surface area (Å²) in [6, 6.07) is 10.6. The van der Waals surface area contributed by atoms with E-state index in [-0.39, 0.29) is 11.9 Å². The van der Waals surface area contributed by atoms with Crippen molar-refractivity contribution in [1.29, 1.82) is 0 Å². The number of carbonyl (C=O) groups is 1. The van der Waals surface area contributed by atoms with E-state index in [2.05, 4.69) is 29.3 Å². The molecule has 1 heterocycles. The van der Waals surface area contributed by atoms with E-state index < -0.39 is 0 Å². The number of aromatic amines is 1. The highest BCUT2D eigenvalue weighted by molar-refractivity contribution is 5.94. The van der Waals surface area contributed by atoms with Crippen molar-refractivity contribution in [2.24, 2.45) is 5.92 Å². The smallest absolute Gasteiger partial charge is 0.275 e. The summed E-state index contributed by atoms with van der Waals surface area (Å²) in [4.78, 5) is 15.3. The lowest BCUT2D eigenvalue weighted by Gasteiger charge is -2.29. The van der Waals surface area contributed by atoms with Gasteiger partial charge in [-0.05, 0) is 56.9 Å². The van der Waals surface area contributed by atoms with Gasteiger partial charge in [0.05, 0.1) is 0 Å². The Morgan fingerprint density at radius 1 is 1.25 bits per heavy atom. The van der Waals surface area contributed by atoms with Gasteiger partial charge in [-0.1, -0.05) is 30.3 Å².